The molecule has 1 aromatic carbocycles. The Morgan fingerprint density at radius 1 is 1.12 bits per heavy atom. The monoisotopic (exact) mass is 480 g/mol. The van der Waals surface area contributed by atoms with Crippen molar-refractivity contribution < 1.29 is 27.1 Å². The van der Waals surface area contributed by atoms with Crippen LogP contribution < -0.4 is 4.74 Å². The Morgan fingerprint density at radius 2 is 1.85 bits per heavy atom. The smallest absolute Gasteiger partial charge is 0.417 e. The van der Waals surface area contributed by atoms with E-state index >= 15 is 0 Å². The number of pyridine rings is 1. The minimum atomic E-state index is -4.56. The van der Waals surface area contributed by atoms with E-state index in [-0.39, 0.29) is 29.2 Å². The van der Waals surface area contributed by atoms with Crippen LogP contribution in [0.25, 0.3) is 11.4 Å². The molecule has 0 saturated carbocycles. The number of nitrogens with zero attached hydrogens (tertiary/aromatic N) is 4. The Kier molecular flexibility index (Phi) is 6.46. The molecular formula is C22H17ClF4N4O2. The summed E-state index contributed by atoms with van der Waals surface area (Å²) in [5, 5.41) is -0.257. The highest BCUT2D eigenvalue weighted by atomic mass is 35.5. The Morgan fingerprint density at radius 3 is 2.55 bits per heavy atom. The van der Waals surface area contributed by atoms with Crippen molar-refractivity contribution in [2.24, 2.45) is 0 Å². The fourth-order valence-electron chi connectivity index (χ4n) is 3.53. The number of benzene rings is 1. The average molecular weight is 481 g/mol. The molecule has 2 aromatic heterocycles. The molecular weight excluding hydrogens is 464 g/mol. The van der Waals surface area contributed by atoms with Crippen LogP contribution >= 0.6 is 11.6 Å². The number of carbonyl (C=O) groups is 1. The molecule has 1 aliphatic heterocycles. The maximum absolute atomic E-state index is 13.3. The number of carbonyl (C=O) groups excluding carboxylic acids is 1. The molecule has 1 fully saturated rings. The molecule has 3 heterocycles. The zero-order valence-corrected chi connectivity index (χ0v) is 17.8. The molecule has 3 aromatic rings. The van der Waals surface area contributed by atoms with Gasteiger partial charge in [0.2, 0.25) is 5.88 Å². The lowest BCUT2D eigenvalue weighted by molar-refractivity contribution is -0.137. The minimum absolute atomic E-state index is 0.121. The van der Waals surface area contributed by atoms with Crippen LogP contribution in [0.2, 0.25) is 5.02 Å². The summed E-state index contributed by atoms with van der Waals surface area (Å²) < 4.78 is 57.4. The standard InChI is InChI=1S/C22H17ClF4N4O2/c23-18-8-13(22(25,26)27)9-30-20(18)33-15-4-3-7-31(12-15)21(32)17-6-2-1-5-16(17)19-28-10-14(24)11-29-19/h1-2,5-6,8-11,15H,3-4,7,12H2/t15-/m1/s1. The normalized spacial score (nSPS) is 16.5. The number of piperidine rings is 1. The van der Waals surface area contributed by atoms with E-state index in [4.69, 9.17) is 16.3 Å². The fraction of sp³-hybridized carbons (Fsp3) is 0.273. The second-order valence-electron chi connectivity index (χ2n) is 7.41. The molecule has 0 spiro atoms. The van der Waals surface area contributed by atoms with Crippen LogP contribution in [0.1, 0.15) is 28.8 Å². The molecule has 0 aliphatic carbocycles. The average Bonchev–Trinajstić information content (AvgIpc) is 2.80. The number of halogens is 5. The van der Waals surface area contributed by atoms with E-state index in [0.29, 0.717) is 36.7 Å². The van der Waals surface area contributed by atoms with Crippen LogP contribution in [0.3, 0.4) is 0 Å². The van der Waals surface area contributed by atoms with E-state index in [1.807, 2.05) is 0 Å². The first-order chi connectivity index (χ1) is 15.7. The van der Waals surface area contributed by atoms with Gasteiger partial charge in [0.15, 0.2) is 11.6 Å². The summed E-state index contributed by atoms with van der Waals surface area (Å²) in [6, 6.07) is 7.48. The lowest BCUT2D eigenvalue weighted by Gasteiger charge is -2.33. The molecule has 1 aliphatic rings. The van der Waals surface area contributed by atoms with Crippen molar-refractivity contribution >= 4 is 17.5 Å². The van der Waals surface area contributed by atoms with Crippen molar-refractivity contribution in [3.05, 3.63) is 70.9 Å². The highest BCUT2D eigenvalue weighted by molar-refractivity contribution is 6.31. The minimum Gasteiger partial charge on any atom is -0.471 e. The molecule has 1 atom stereocenters. The lowest BCUT2D eigenvalue weighted by Crippen LogP contribution is -2.44. The Balaban J connectivity index is 1.51. The maximum Gasteiger partial charge on any atom is 0.417 e. The van der Waals surface area contributed by atoms with Crippen molar-refractivity contribution in [2.45, 2.75) is 25.1 Å². The van der Waals surface area contributed by atoms with E-state index < -0.39 is 23.7 Å². The zero-order valence-electron chi connectivity index (χ0n) is 17.0. The third kappa shape index (κ3) is 5.22. The van der Waals surface area contributed by atoms with Crippen LogP contribution in [0, 0.1) is 5.82 Å². The molecule has 4 rings (SSSR count). The highest BCUT2D eigenvalue weighted by Crippen LogP contribution is 2.34. The molecule has 0 unspecified atom stereocenters. The van der Waals surface area contributed by atoms with Gasteiger partial charge < -0.3 is 9.64 Å². The van der Waals surface area contributed by atoms with Gasteiger partial charge in [-0.2, -0.15) is 13.2 Å². The van der Waals surface area contributed by atoms with Gasteiger partial charge in [-0.1, -0.05) is 29.8 Å². The second kappa shape index (κ2) is 9.30. The Hall–Kier alpha value is -3.27. The van der Waals surface area contributed by atoms with Crippen LogP contribution in [0.4, 0.5) is 17.6 Å². The molecule has 1 saturated heterocycles. The molecule has 6 nitrogen and oxygen atoms in total. The third-order valence-corrected chi connectivity index (χ3v) is 5.37. The summed E-state index contributed by atoms with van der Waals surface area (Å²) in [6.45, 7) is 0.655. The number of hydrogen-bond donors (Lipinski definition) is 0. The number of amides is 1. The molecule has 33 heavy (non-hydrogen) atoms. The van der Waals surface area contributed by atoms with Gasteiger partial charge in [0.25, 0.3) is 5.91 Å². The van der Waals surface area contributed by atoms with E-state index in [1.54, 1.807) is 29.2 Å². The number of aromatic nitrogens is 3. The predicted octanol–water partition coefficient (Wildman–Crippen LogP) is 5.03. The summed E-state index contributed by atoms with van der Waals surface area (Å²) in [5.41, 5.74) is -0.173. The number of alkyl halides is 3. The maximum atomic E-state index is 13.3. The van der Waals surface area contributed by atoms with E-state index in [0.717, 1.165) is 18.5 Å². The van der Waals surface area contributed by atoms with E-state index in [2.05, 4.69) is 15.0 Å². The largest absolute Gasteiger partial charge is 0.471 e. The van der Waals surface area contributed by atoms with Crippen LogP contribution in [-0.4, -0.2) is 45.0 Å². The molecule has 0 bridgehead atoms. The van der Waals surface area contributed by atoms with Crippen molar-refractivity contribution in [1.82, 2.24) is 19.9 Å². The lowest BCUT2D eigenvalue weighted by atomic mass is 10.0. The van der Waals surface area contributed by atoms with Crippen LogP contribution in [0.15, 0.2) is 48.9 Å². The van der Waals surface area contributed by atoms with Crippen molar-refractivity contribution in [1.29, 1.82) is 0 Å². The zero-order chi connectivity index (χ0) is 23.6. The third-order valence-electron chi connectivity index (χ3n) is 5.10. The van der Waals surface area contributed by atoms with Crippen LogP contribution in [-0.2, 0) is 6.18 Å². The highest BCUT2D eigenvalue weighted by Gasteiger charge is 2.33. The predicted molar refractivity (Wildman–Crippen MR) is 111 cm³/mol. The molecule has 1 amide bonds. The van der Waals surface area contributed by atoms with Gasteiger partial charge in [0, 0.05) is 18.3 Å². The van der Waals surface area contributed by atoms with Gasteiger partial charge in [-0.25, -0.2) is 19.3 Å². The van der Waals surface area contributed by atoms with Crippen LogP contribution in [0.5, 0.6) is 5.88 Å². The number of likely N-dealkylation sites (tertiary alicyclic amines) is 1. The van der Waals surface area contributed by atoms with E-state index in [1.165, 1.54) is 0 Å². The van der Waals surface area contributed by atoms with Gasteiger partial charge in [0.1, 0.15) is 11.1 Å². The summed E-state index contributed by atoms with van der Waals surface area (Å²) in [7, 11) is 0. The van der Waals surface area contributed by atoms with Gasteiger partial charge in [-0.3, -0.25) is 4.79 Å². The van der Waals surface area contributed by atoms with Crippen molar-refractivity contribution in [2.75, 3.05) is 13.1 Å². The van der Waals surface area contributed by atoms with Gasteiger partial charge in [0.05, 0.1) is 30.1 Å². The van der Waals surface area contributed by atoms with Gasteiger partial charge in [-0.15, -0.1) is 0 Å². The van der Waals surface area contributed by atoms with Gasteiger partial charge >= 0.3 is 6.18 Å². The summed E-state index contributed by atoms with van der Waals surface area (Å²) >= 11 is 5.94. The fourth-order valence-corrected chi connectivity index (χ4v) is 3.74. The molecule has 0 radical (unpaired) electrons. The number of rotatable bonds is 4. The summed E-state index contributed by atoms with van der Waals surface area (Å²) in [6.07, 6.45) is -1.17. The Labute approximate surface area is 191 Å². The summed E-state index contributed by atoms with van der Waals surface area (Å²) in [5.74, 6) is -0.789. The topological polar surface area (TPSA) is 68.2 Å². The molecule has 172 valence electrons. The summed E-state index contributed by atoms with van der Waals surface area (Å²) in [4.78, 5) is 26.4. The Bertz CT molecular complexity index is 1160. The first-order valence-corrected chi connectivity index (χ1v) is 10.4. The first-order valence-electron chi connectivity index (χ1n) is 9.98. The first kappa shape index (κ1) is 22.9. The quantitative estimate of drug-likeness (QED) is 0.490. The van der Waals surface area contributed by atoms with Gasteiger partial charge in [-0.05, 0) is 25.0 Å². The molecule has 11 heteroatoms. The molecule has 0 N–H and O–H groups in total. The van der Waals surface area contributed by atoms with Crippen molar-refractivity contribution in [3.63, 3.8) is 0 Å². The number of hydrogen-bond acceptors (Lipinski definition) is 5. The van der Waals surface area contributed by atoms with Crippen molar-refractivity contribution in [3.8, 4) is 17.3 Å². The van der Waals surface area contributed by atoms with E-state index in [9.17, 15) is 22.4 Å². The number of ether oxygens (including phenoxy) is 1. The second-order valence-corrected chi connectivity index (χ2v) is 7.82. The SMILES string of the molecule is O=C(c1ccccc1-c1ncc(F)cn1)N1CCC[C@@H](Oc2ncc(C(F)(F)F)cc2Cl)C1.